The van der Waals surface area contributed by atoms with Gasteiger partial charge in [-0.2, -0.15) is 0 Å². The van der Waals surface area contributed by atoms with Crippen LogP contribution in [0.4, 0.5) is 4.79 Å². The van der Waals surface area contributed by atoms with Gasteiger partial charge in [-0.3, -0.25) is 0 Å². The van der Waals surface area contributed by atoms with Crippen molar-refractivity contribution in [3.63, 3.8) is 0 Å². The summed E-state index contributed by atoms with van der Waals surface area (Å²) in [5.74, 6) is 0. The van der Waals surface area contributed by atoms with Crippen LogP contribution >= 0.6 is 0 Å². The maximum Gasteiger partial charge on any atom is 0.317 e. The number of hydrogen-bond acceptors (Lipinski definition) is 2. The van der Waals surface area contributed by atoms with Crippen molar-refractivity contribution in [2.24, 2.45) is 5.11 Å². The molecule has 6 heteroatoms. The number of azide groups is 1. The molecule has 1 aliphatic heterocycles. The van der Waals surface area contributed by atoms with Crippen molar-refractivity contribution >= 4 is 6.03 Å². The zero-order valence-corrected chi connectivity index (χ0v) is 8.85. The number of nitrogens with one attached hydrogen (secondary N) is 1. The van der Waals surface area contributed by atoms with E-state index < -0.39 is 0 Å². The summed E-state index contributed by atoms with van der Waals surface area (Å²) in [5, 5.41) is 6.09. The Balaban J connectivity index is 2.22. The first-order valence-electron chi connectivity index (χ1n) is 5.38. The van der Waals surface area contributed by atoms with Gasteiger partial charge < -0.3 is 10.2 Å². The Morgan fingerprint density at radius 1 is 1.33 bits per heavy atom. The largest absolute Gasteiger partial charge is 0.338 e. The van der Waals surface area contributed by atoms with Gasteiger partial charge >= 0.3 is 6.03 Å². The molecule has 1 heterocycles. The third-order valence-electron chi connectivity index (χ3n) is 2.44. The molecule has 1 fully saturated rings. The fourth-order valence-electron chi connectivity index (χ4n) is 1.64. The van der Waals surface area contributed by atoms with Crippen LogP contribution in [-0.4, -0.2) is 37.1 Å². The molecule has 2 amide bonds. The minimum Gasteiger partial charge on any atom is -0.338 e. The van der Waals surface area contributed by atoms with Crippen LogP contribution in [-0.2, 0) is 0 Å². The van der Waals surface area contributed by atoms with E-state index in [0.717, 1.165) is 25.9 Å². The van der Waals surface area contributed by atoms with Crippen molar-refractivity contribution in [3.05, 3.63) is 10.4 Å². The Kier molecular flexibility index (Phi) is 5.40. The number of rotatable bonds is 3. The fraction of sp³-hybridized carbons (Fsp3) is 0.889. The number of amides is 2. The third-order valence-corrected chi connectivity index (χ3v) is 2.44. The molecular formula is C9H17N5O. The van der Waals surface area contributed by atoms with E-state index >= 15 is 0 Å². The van der Waals surface area contributed by atoms with Crippen molar-refractivity contribution in [1.82, 2.24) is 10.2 Å². The summed E-state index contributed by atoms with van der Waals surface area (Å²) < 4.78 is 0. The number of carbonyl (C=O) groups is 1. The number of hydrogen-bond donors (Lipinski definition) is 1. The highest BCUT2D eigenvalue weighted by Gasteiger charge is 2.13. The van der Waals surface area contributed by atoms with Crippen molar-refractivity contribution in [2.75, 3.05) is 26.2 Å². The summed E-state index contributed by atoms with van der Waals surface area (Å²) in [6, 6.07) is -0.0370. The molecular weight excluding hydrogens is 194 g/mol. The van der Waals surface area contributed by atoms with Gasteiger partial charge in [-0.25, -0.2) is 4.79 Å². The SMILES string of the molecule is [N-]=[N+]=NCCNC(=O)N1CCCCCC1. The van der Waals surface area contributed by atoms with E-state index in [9.17, 15) is 4.79 Å². The van der Waals surface area contributed by atoms with Crippen LogP contribution in [0, 0.1) is 0 Å². The molecule has 1 rings (SSSR count). The monoisotopic (exact) mass is 211 g/mol. The van der Waals surface area contributed by atoms with Gasteiger partial charge in [0.15, 0.2) is 0 Å². The molecule has 0 spiro atoms. The molecule has 84 valence electrons. The van der Waals surface area contributed by atoms with Gasteiger partial charge in [-0.05, 0) is 18.4 Å². The second-order valence-electron chi connectivity index (χ2n) is 3.59. The van der Waals surface area contributed by atoms with Crippen LogP contribution in [0.3, 0.4) is 0 Å². The molecule has 0 saturated carbocycles. The average Bonchev–Trinajstić information content (AvgIpc) is 2.52. The third kappa shape index (κ3) is 4.56. The van der Waals surface area contributed by atoms with E-state index in [4.69, 9.17) is 5.53 Å². The van der Waals surface area contributed by atoms with Gasteiger partial charge in [-0.1, -0.05) is 18.0 Å². The molecule has 0 bridgehead atoms. The van der Waals surface area contributed by atoms with Crippen LogP contribution < -0.4 is 5.32 Å². The van der Waals surface area contributed by atoms with Gasteiger partial charge in [0.25, 0.3) is 0 Å². The molecule has 0 aliphatic carbocycles. The lowest BCUT2D eigenvalue weighted by atomic mass is 10.2. The van der Waals surface area contributed by atoms with Gasteiger partial charge in [0.05, 0.1) is 0 Å². The molecule has 1 aliphatic rings. The van der Waals surface area contributed by atoms with Crippen LogP contribution in [0.5, 0.6) is 0 Å². The normalized spacial score (nSPS) is 16.4. The quantitative estimate of drug-likeness (QED) is 0.329. The number of urea groups is 1. The van der Waals surface area contributed by atoms with E-state index in [1.54, 1.807) is 0 Å². The van der Waals surface area contributed by atoms with E-state index in [1.165, 1.54) is 12.8 Å². The Bertz CT molecular complexity index is 241. The lowest BCUT2D eigenvalue weighted by molar-refractivity contribution is 0.200. The number of nitrogens with zero attached hydrogens (tertiary/aromatic N) is 4. The van der Waals surface area contributed by atoms with Crippen molar-refractivity contribution in [1.29, 1.82) is 0 Å². The van der Waals surface area contributed by atoms with Crippen LogP contribution in [0.2, 0.25) is 0 Å². The first-order valence-corrected chi connectivity index (χ1v) is 5.38. The van der Waals surface area contributed by atoms with Crippen LogP contribution in [0.1, 0.15) is 25.7 Å². The minimum absolute atomic E-state index is 0.0370. The zero-order chi connectivity index (χ0) is 10.9. The predicted molar refractivity (Wildman–Crippen MR) is 57.5 cm³/mol. The average molecular weight is 211 g/mol. The molecule has 15 heavy (non-hydrogen) atoms. The number of likely N-dealkylation sites (tertiary alicyclic amines) is 1. The fourth-order valence-corrected chi connectivity index (χ4v) is 1.64. The smallest absolute Gasteiger partial charge is 0.317 e. The molecule has 0 atom stereocenters. The second-order valence-corrected chi connectivity index (χ2v) is 3.59. The van der Waals surface area contributed by atoms with Gasteiger partial charge in [0.1, 0.15) is 0 Å². The lowest BCUT2D eigenvalue weighted by Crippen LogP contribution is -2.41. The van der Waals surface area contributed by atoms with E-state index in [1.807, 2.05) is 4.90 Å². The highest BCUT2D eigenvalue weighted by atomic mass is 16.2. The van der Waals surface area contributed by atoms with Crippen molar-refractivity contribution in [2.45, 2.75) is 25.7 Å². The Labute approximate surface area is 89.3 Å². The summed E-state index contributed by atoms with van der Waals surface area (Å²) in [4.78, 5) is 16.1. The van der Waals surface area contributed by atoms with Crippen LogP contribution in [0.15, 0.2) is 5.11 Å². The summed E-state index contributed by atoms with van der Waals surface area (Å²) in [7, 11) is 0. The summed E-state index contributed by atoms with van der Waals surface area (Å²) in [5.41, 5.74) is 8.05. The van der Waals surface area contributed by atoms with E-state index in [2.05, 4.69) is 15.3 Å². The Morgan fingerprint density at radius 2 is 2.00 bits per heavy atom. The van der Waals surface area contributed by atoms with Crippen molar-refractivity contribution < 1.29 is 4.79 Å². The summed E-state index contributed by atoms with van der Waals surface area (Å²) in [6.45, 7) is 2.41. The molecule has 0 radical (unpaired) electrons. The molecule has 0 aromatic heterocycles. The maximum atomic E-state index is 11.6. The Hall–Kier alpha value is -1.42. The molecule has 1 N–H and O–H groups in total. The molecule has 1 saturated heterocycles. The van der Waals surface area contributed by atoms with Gasteiger partial charge in [0.2, 0.25) is 0 Å². The minimum atomic E-state index is -0.0370. The van der Waals surface area contributed by atoms with Crippen LogP contribution in [0.25, 0.3) is 10.4 Å². The first kappa shape index (κ1) is 11.7. The highest BCUT2D eigenvalue weighted by molar-refractivity contribution is 5.74. The zero-order valence-electron chi connectivity index (χ0n) is 8.85. The standard InChI is InChI=1S/C9H17N5O/c10-13-12-6-5-11-9(15)14-7-3-1-2-4-8-14/h1-8H2,(H,11,15). The predicted octanol–water partition coefficient (Wildman–Crippen LogP) is 1.88. The lowest BCUT2D eigenvalue weighted by Gasteiger charge is -2.20. The van der Waals surface area contributed by atoms with Gasteiger partial charge in [0, 0.05) is 31.1 Å². The summed E-state index contributed by atoms with van der Waals surface area (Å²) >= 11 is 0. The Morgan fingerprint density at radius 3 is 2.60 bits per heavy atom. The van der Waals surface area contributed by atoms with E-state index in [-0.39, 0.29) is 6.03 Å². The maximum absolute atomic E-state index is 11.6. The highest BCUT2D eigenvalue weighted by Crippen LogP contribution is 2.09. The topological polar surface area (TPSA) is 81.1 Å². The summed E-state index contributed by atoms with van der Waals surface area (Å²) in [6.07, 6.45) is 4.60. The van der Waals surface area contributed by atoms with Crippen molar-refractivity contribution in [3.8, 4) is 0 Å². The molecule has 0 aromatic rings. The molecule has 0 aromatic carbocycles. The van der Waals surface area contributed by atoms with Gasteiger partial charge in [-0.15, -0.1) is 0 Å². The molecule has 6 nitrogen and oxygen atoms in total. The number of carbonyl (C=O) groups excluding carboxylic acids is 1. The first-order chi connectivity index (χ1) is 7.34. The molecule has 0 unspecified atom stereocenters. The second kappa shape index (κ2) is 6.95. The van der Waals surface area contributed by atoms with E-state index in [0.29, 0.717) is 13.1 Å².